The van der Waals surface area contributed by atoms with E-state index in [1.165, 1.54) is 0 Å². The predicted octanol–water partition coefficient (Wildman–Crippen LogP) is 2.58. The topological polar surface area (TPSA) is 59.2 Å². The molecule has 0 spiro atoms. The molecule has 1 aromatic carbocycles. The molecule has 1 fully saturated rings. The monoisotopic (exact) mass is 269 g/mol. The molecule has 20 heavy (non-hydrogen) atoms. The minimum Gasteiger partial charge on any atom is -0.398 e. The van der Waals surface area contributed by atoms with Crippen molar-refractivity contribution in [2.45, 2.75) is 26.3 Å². The third kappa shape index (κ3) is 2.22. The highest BCUT2D eigenvalue weighted by Gasteiger charge is 2.25. The van der Waals surface area contributed by atoms with E-state index in [4.69, 9.17) is 5.73 Å². The minimum absolute atomic E-state index is 0.136. The molecule has 1 saturated heterocycles. The maximum atomic E-state index is 12.2. The Morgan fingerprint density at radius 1 is 1.40 bits per heavy atom. The van der Waals surface area contributed by atoms with Gasteiger partial charge in [-0.2, -0.15) is 0 Å². The summed E-state index contributed by atoms with van der Waals surface area (Å²) in [6.07, 6.45) is 3.84. The van der Waals surface area contributed by atoms with Crippen molar-refractivity contribution < 1.29 is 4.79 Å². The molecule has 4 heteroatoms. The Bertz CT molecular complexity index is 653. The highest BCUT2D eigenvalue weighted by atomic mass is 16.2. The number of anilines is 1. The van der Waals surface area contributed by atoms with Crippen molar-refractivity contribution >= 4 is 22.5 Å². The first-order chi connectivity index (χ1) is 9.66. The number of aromatic nitrogens is 1. The van der Waals surface area contributed by atoms with Crippen LogP contribution in [0, 0.1) is 5.92 Å². The average Bonchev–Trinajstić information content (AvgIpc) is 2.47. The van der Waals surface area contributed by atoms with Crippen LogP contribution in [-0.2, 0) is 11.3 Å². The zero-order valence-corrected chi connectivity index (χ0v) is 11.7. The lowest BCUT2D eigenvalue weighted by Crippen LogP contribution is -2.39. The number of likely N-dealkylation sites (tertiary alicyclic amines) is 1. The van der Waals surface area contributed by atoms with Crippen molar-refractivity contribution in [1.82, 2.24) is 9.88 Å². The van der Waals surface area contributed by atoms with Gasteiger partial charge in [-0.05, 0) is 36.6 Å². The Kier molecular flexibility index (Phi) is 3.30. The van der Waals surface area contributed by atoms with E-state index >= 15 is 0 Å². The summed E-state index contributed by atoms with van der Waals surface area (Å²) in [6, 6.07) is 7.74. The Hall–Kier alpha value is -2.10. The van der Waals surface area contributed by atoms with Crippen molar-refractivity contribution in [3.63, 3.8) is 0 Å². The molecule has 1 atom stereocenters. The normalized spacial score (nSPS) is 19.6. The average molecular weight is 269 g/mol. The molecule has 0 aliphatic carbocycles. The molecule has 104 valence electrons. The molecular weight excluding hydrogens is 250 g/mol. The Labute approximate surface area is 118 Å². The maximum Gasteiger partial charge on any atom is 0.225 e. The quantitative estimate of drug-likeness (QED) is 0.852. The van der Waals surface area contributed by atoms with Gasteiger partial charge in [0.1, 0.15) is 0 Å². The molecule has 2 aromatic rings. The largest absolute Gasteiger partial charge is 0.398 e. The zero-order chi connectivity index (χ0) is 14.1. The van der Waals surface area contributed by atoms with Crippen molar-refractivity contribution in [3.8, 4) is 0 Å². The molecule has 0 radical (unpaired) electrons. The standard InChI is InChI=1S/C16H19N3O/c1-11-4-3-9-19(16(11)20)10-12-6-7-14(17)13-5-2-8-18-15(12)13/h2,5-8,11H,3-4,9-10,17H2,1H3. The van der Waals surface area contributed by atoms with Crippen LogP contribution in [0.15, 0.2) is 30.5 Å². The SMILES string of the molecule is CC1CCCN(Cc2ccc(N)c3cccnc23)C1=O. The number of nitrogens with two attached hydrogens (primary N) is 1. The summed E-state index contributed by atoms with van der Waals surface area (Å²) in [4.78, 5) is 18.6. The molecule has 4 nitrogen and oxygen atoms in total. The lowest BCUT2D eigenvalue weighted by molar-refractivity contribution is -0.138. The number of nitrogens with zero attached hydrogens (tertiary/aromatic N) is 2. The minimum atomic E-state index is 0.136. The molecular formula is C16H19N3O. The smallest absolute Gasteiger partial charge is 0.225 e. The molecule has 1 aliphatic rings. The van der Waals surface area contributed by atoms with Gasteiger partial charge in [-0.15, -0.1) is 0 Å². The lowest BCUT2D eigenvalue weighted by Gasteiger charge is -2.31. The molecule has 3 rings (SSSR count). The summed E-state index contributed by atoms with van der Waals surface area (Å²) < 4.78 is 0. The second-order valence-electron chi connectivity index (χ2n) is 5.52. The van der Waals surface area contributed by atoms with Gasteiger partial charge in [-0.25, -0.2) is 0 Å². The number of hydrogen-bond donors (Lipinski definition) is 1. The van der Waals surface area contributed by atoms with Gasteiger partial charge < -0.3 is 10.6 Å². The van der Waals surface area contributed by atoms with E-state index in [2.05, 4.69) is 4.98 Å². The molecule has 0 saturated carbocycles. The summed E-state index contributed by atoms with van der Waals surface area (Å²) in [5, 5.41) is 0.961. The number of nitrogen functional groups attached to an aromatic ring is 1. The van der Waals surface area contributed by atoms with E-state index in [0.717, 1.165) is 41.5 Å². The summed E-state index contributed by atoms with van der Waals surface area (Å²) >= 11 is 0. The Morgan fingerprint density at radius 3 is 3.10 bits per heavy atom. The van der Waals surface area contributed by atoms with Crippen LogP contribution in [0.4, 0.5) is 5.69 Å². The van der Waals surface area contributed by atoms with E-state index in [1.807, 2.05) is 36.1 Å². The number of amides is 1. The van der Waals surface area contributed by atoms with Crippen molar-refractivity contribution in [3.05, 3.63) is 36.0 Å². The van der Waals surface area contributed by atoms with Gasteiger partial charge in [-0.3, -0.25) is 9.78 Å². The molecule has 1 aliphatic heterocycles. The summed E-state index contributed by atoms with van der Waals surface area (Å²) in [7, 11) is 0. The molecule has 1 amide bonds. The third-order valence-corrected chi connectivity index (χ3v) is 4.05. The molecule has 2 heterocycles. The molecule has 1 unspecified atom stereocenters. The number of benzene rings is 1. The van der Waals surface area contributed by atoms with E-state index in [9.17, 15) is 4.79 Å². The van der Waals surface area contributed by atoms with Crippen LogP contribution < -0.4 is 5.73 Å². The van der Waals surface area contributed by atoms with Crippen LogP contribution in [0.1, 0.15) is 25.3 Å². The Morgan fingerprint density at radius 2 is 2.25 bits per heavy atom. The summed E-state index contributed by atoms with van der Waals surface area (Å²) in [5.74, 6) is 0.383. The summed E-state index contributed by atoms with van der Waals surface area (Å²) in [5.41, 5.74) is 8.69. The number of carbonyl (C=O) groups excluding carboxylic acids is 1. The first kappa shape index (κ1) is 12.9. The lowest BCUT2D eigenvalue weighted by atomic mass is 9.98. The fraction of sp³-hybridized carbons (Fsp3) is 0.375. The van der Waals surface area contributed by atoms with Gasteiger partial charge in [0.05, 0.1) is 5.52 Å². The fourth-order valence-electron chi connectivity index (χ4n) is 2.88. The van der Waals surface area contributed by atoms with Crippen LogP contribution >= 0.6 is 0 Å². The van der Waals surface area contributed by atoms with Crippen LogP contribution in [-0.4, -0.2) is 22.3 Å². The molecule has 2 N–H and O–H groups in total. The van der Waals surface area contributed by atoms with E-state index in [1.54, 1.807) is 6.20 Å². The third-order valence-electron chi connectivity index (χ3n) is 4.05. The van der Waals surface area contributed by atoms with Crippen LogP contribution in [0.3, 0.4) is 0 Å². The van der Waals surface area contributed by atoms with Gasteiger partial charge >= 0.3 is 0 Å². The maximum absolute atomic E-state index is 12.2. The fourth-order valence-corrected chi connectivity index (χ4v) is 2.88. The highest BCUT2D eigenvalue weighted by Crippen LogP contribution is 2.25. The van der Waals surface area contributed by atoms with Gasteiger partial charge in [0.25, 0.3) is 0 Å². The van der Waals surface area contributed by atoms with E-state index in [0.29, 0.717) is 6.54 Å². The Balaban J connectivity index is 1.95. The number of fused-ring (bicyclic) bond motifs is 1. The number of pyridine rings is 1. The zero-order valence-electron chi connectivity index (χ0n) is 11.7. The van der Waals surface area contributed by atoms with Crippen molar-refractivity contribution in [1.29, 1.82) is 0 Å². The van der Waals surface area contributed by atoms with E-state index < -0.39 is 0 Å². The van der Waals surface area contributed by atoms with Gasteiger partial charge in [0.15, 0.2) is 0 Å². The molecule has 0 bridgehead atoms. The molecule has 1 aromatic heterocycles. The number of hydrogen-bond acceptors (Lipinski definition) is 3. The van der Waals surface area contributed by atoms with Crippen LogP contribution in [0.2, 0.25) is 0 Å². The summed E-state index contributed by atoms with van der Waals surface area (Å²) in [6.45, 7) is 3.46. The number of rotatable bonds is 2. The number of piperidine rings is 1. The first-order valence-corrected chi connectivity index (χ1v) is 7.07. The van der Waals surface area contributed by atoms with E-state index in [-0.39, 0.29) is 11.8 Å². The van der Waals surface area contributed by atoms with Gasteiger partial charge in [0, 0.05) is 36.3 Å². The van der Waals surface area contributed by atoms with Crippen molar-refractivity contribution in [2.75, 3.05) is 12.3 Å². The van der Waals surface area contributed by atoms with Crippen LogP contribution in [0.5, 0.6) is 0 Å². The highest BCUT2D eigenvalue weighted by molar-refractivity contribution is 5.92. The predicted molar refractivity (Wildman–Crippen MR) is 80.0 cm³/mol. The number of carbonyl (C=O) groups is 1. The first-order valence-electron chi connectivity index (χ1n) is 7.07. The second kappa shape index (κ2) is 5.12. The van der Waals surface area contributed by atoms with Crippen molar-refractivity contribution in [2.24, 2.45) is 5.92 Å². The van der Waals surface area contributed by atoms with Gasteiger partial charge in [0.2, 0.25) is 5.91 Å². The van der Waals surface area contributed by atoms with Crippen LogP contribution in [0.25, 0.3) is 10.9 Å². The second-order valence-corrected chi connectivity index (χ2v) is 5.52. The van der Waals surface area contributed by atoms with Gasteiger partial charge in [-0.1, -0.05) is 13.0 Å².